The van der Waals surface area contributed by atoms with Gasteiger partial charge in [0, 0.05) is 23.6 Å². The quantitative estimate of drug-likeness (QED) is 0.834. The number of nitrogens with two attached hydrogens (primary N) is 1. The molecule has 1 unspecified atom stereocenters. The maximum atomic E-state index is 6.17. The SMILES string of the molecule is Cc1ccc(-n2ccc3c2CCCC3N)c(C)n1. The van der Waals surface area contributed by atoms with Crippen molar-refractivity contribution in [1.82, 2.24) is 9.55 Å². The number of hydrogen-bond donors (Lipinski definition) is 1. The van der Waals surface area contributed by atoms with Gasteiger partial charge in [0.25, 0.3) is 0 Å². The first-order valence-corrected chi connectivity index (χ1v) is 6.57. The minimum Gasteiger partial charge on any atom is -0.324 e. The van der Waals surface area contributed by atoms with Crippen molar-refractivity contribution < 1.29 is 0 Å². The van der Waals surface area contributed by atoms with Crippen molar-refractivity contribution in [3.63, 3.8) is 0 Å². The van der Waals surface area contributed by atoms with Crippen LogP contribution in [0.15, 0.2) is 24.4 Å². The van der Waals surface area contributed by atoms with Gasteiger partial charge in [0.15, 0.2) is 0 Å². The summed E-state index contributed by atoms with van der Waals surface area (Å²) in [5.74, 6) is 0. The first-order valence-electron chi connectivity index (χ1n) is 6.57. The maximum absolute atomic E-state index is 6.17. The minimum atomic E-state index is 0.203. The molecular weight excluding hydrogens is 222 g/mol. The van der Waals surface area contributed by atoms with E-state index in [2.05, 4.69) is 40.9 Å². The lowest BCUT2D eigenvalue weighted by atomic mass is 9.93. The summed E-state index contributed by atoms with van der Waals surface area (Å²) in [7, 11) is 0. The van der Waals surface area contributed by atoms with E-state index < -0.39 is 0 Å². The first-order chi connectivity index (χ1) is 8.66. The van der Waals surface area contributed by atoms with E-state index >= 15 is 0 Å². The number of aryl methyl sites for hydroxylation is 2. The predicted octanol–water partition coefficient (Wildman–Crippen LogP) is 2.83. The van der Waals surface area contributed by atoms with Crippen molar-refractivity contribution in [1.29, 1.82) is 0 Å². The molecule has 18 heavy (non-hydrogen) atoms. The number of rotatable bonds is 1. The Labute approximate surface area is 108 Å². The first kappa shape index (κ1) is 11.5. The van der Waals surface area contributed by atoms with Gasteiger partial charge in [-0.25, -0.2) is 0 Å². The molecule has 0 radical (unpaired) electrons. The molecule has 0 aliphatic heterocycles. The van der Waals surface area contributed by atoms with Crippen molar-refractivity contribution in [2.45, 2.75) is 39.2 Å². The molecule has 0 spiro atoms. The van der Waals surface area contributed by atoms with E-state index in [-0.39, 0.29) is 6.04 Å². The lowest BCUT2D eigenvalue weighted by molar-refractivity contribution is 0.560. The van der Waals surface area contributed by atoms with E-state index in [0.29, 0.717) is 0 Å². The van der Waals surface area contributed by atoms with Crippen molar-refractivity contribution in [2.75, 3.05) is 0 Å². The Kier molecular flexibility index (Phi) is 2.71. The van der Waals surface area contributed by atoms with E-state index in [1.807, 2.05) is 6.92 Å². The number of hydrogen-bond acceptors (Lipinski definition) is 2. The van der Waals surface area contributed by atoms with E-state index in [0.717, 1.165) is 24.2 Å². The monoisotopic (exact) mass is 241 g/mol. The Bertz CT molecular complexity index is 583. The van der Waals surface area contributed by atoms with E-state index in [1.165, 1.54) is 23.4 Å². The second-order valence-corrected chi connectivity index (χ2v) is 5.14. The van der Waals surface area contributed by atoms with Gasteiger partial charge >= 0.3 is 0 Å². The Morgan fingerprint density at radius 3 is 2.89 bits per heavy atom. The summed E-state index contributed by atoms with van der Waals surface area (Å²) in [6, 6.07) is 6.59. The molecule has 3 rings (SSSR count). The van der Waals surface area contributed by atoms with Crippen LogP contribution in [-0.2, 0) is 6.42 Å². The molecule has 2 aromatic heterocycles. The maximum Gasteiger partial charge on any atom is 0.0665 e. The highest BCUT2D eigenvalue weighted by molar-refractivity contribution is 5.43. The molecule has 0 saturated carbocycles. The summed E-state index contributed by atoms with van der Waals surface area (Å²) in [6.45, 7) is 4.09. The van der Waals surface area contributed by atoms with Crippen LogP contribution in [0.25, 0.3) is 5.69 Å². The highest BCUT2D eigenvalue weighted by Crippen LogP contribution is 2.31. The highest BCUT2D eigenvalue weighted by atomic mass is 15.0. The van der Waals surface area contributed by atoms with E-state index in [1.54, 1.807) is 0 Å². The van der Waals surface area contributed by atoms with Gasteiger partial charge in [-0.2, -0.15) is 0 Å². The van der Waals surface area contributed by atoms with Crippen molar-refractivity contribution in [2.24, 2.45) is 5.73 Å². The fourth-order valence-corrected chi connectivity index (χ4v) is 2.89. The molecule has 0 fully saturated rings. The van der Waals surface area contributed by atoms with Crippen LogP contribution in [-0.4, -0.2) is 9.55 Å². The van der Waals surface area contributed by atoms with E-state index in [4.69, 9.17) is 5.73 Å². The second kappa shape index (κ2) is 4.25. The topological polar surface area (TPSA) is 43.8 Å². The summed E-state index contributed by atoms with van der Waals surface area (Å²) in [5, 5.41) is 0. The third-order valence-corrected chi connectivity index (χ3v) is 3.81. The third kappa shape index (κ3) is 1.75. The van der Waals surface area contributed by atoms with Crippen LogP contribution >= 0.6 is 0 Å². The lowest BCUT2D eigenvalue weighted by Crippen LogP contribution is -2.18. The average Bonchev–Trinajstić information content (AvgIpc) is 2.74. The summed E-state index contributed by atoms with van der Waals surface area (Å²) in [4.78, 5) is 4.55. The van der Waals surface area contributed by atoms with Gasteiger partial charge < -0.3 is 10.3 Å². The Balaban J connectivity index is 2.12. The number of aromatic nitrogens is 2. The van der Waals surface area contributed by atoms with Crippen molar-refractivity contribution in [3.8, 4) is 5.69 Å². The largest absolute Gasteiger partial charge is 0.324 e. The van der Waals surface area contributed by atoms with Crippen LogP contribution in [0, 0.1) is 13.8 Å². The molecule has 2 heterocycles. The molecule has 1 atom stereocenters. The average molecular weight is 241 g/mol. The molecule has 0 amide bonds. The predicted molar refractivity (Wildman–Crippen MR) is 72.9 cm³/mol. The zero-order valence-electron chi connectivity index (χ0n) is 11.0. The van der Waals surface area contributed by atoms with Gasteiger partial charge in [0.05, 0.1) is 11.4 Å². The molecule has 2 aromatic rings. The molecule has 0 saturated heterocycles. The van der Waals surface area contributed by atoms with Crippen molar-refractivity contribution in [3.05, 3.63) is 47.0 Å². The van der Waals surface area contributed by atoms with Crippen LogP contribution in [0.2, 0.25) is 0 Å². The molecule has 2 N–H and O–H groups in total. The van der Waals surface area contributed by atoms with Gasteiger partial charge in [0.1, 0.15) is 0 Å². The Morgan fingerprint density at radius 1 is 1.28 bits per heavy atom. The molecule has 0 aromatic carbocycles. The van der Waals surface area contributed by atoms with Crippen molar-refractivity contribution >= 4 is 0 Å². The number of pyridine rings is 1. The molecule has 1 aliphatic rings. The summed E-state index contributed by atoms with van der Waals surface area (Å²) in [6.07, 6.45) is 5.53. The molecule has 1 aliphatic carbocycles. The van der Waals surface area contributed by atoms with E-state index in [9.17, 15) is 0 Å². The fourth-order valence-electron chi connectivity index (χ4n) is 2.89. The Morgan fingerprint density at radius 2 is 2.11 bits per heavy atom. The molecule has 94 valence electrons. The number of nitrogens with zero attached hydrogens (tertiary/aromatic N) is 2. The number of fused-ring (bicyclic) bond motifs is 1. The van der Waals surface area contributed by atoms with Gasteiger partial charge in [-0.1, -0.05) is 0 Å². The van der Waals surface area contributed by atoms with Crippen LogP contribution < -0.4 is 5.73 Å². The van der Waals surface area contributed by atoms with Gasteiger partial charge in [-0.15, -0.1) is 0 Å². The highest BCUT2D eigenvalue weighted by Gasteiger charge is 2.21. The van der Waals surface area contributed by atoms with Crippen LogP contribution in [0.3, 0.4) is 0 Å². The third-order valence-electron chi connectivity index (χ3n) is 3.81. The molecule has 3 nitrogen and oxygen atoms in total. The normalized spacial score (nSPS) is 18.7. The van der Waals surface area contributed by atoms with Gasteiger partial charge in [0.2, 0.25) is 0 Å². The standard InChI is InChI=1S/C15H19N3/c1-10-6-7-14(11(2)17-10)18-9-8-12-13(16)4-3-5-15(12)18/h6-9,13H,3-5,16H2,1-2H3. The second-order valence-electron chi connectivity index (χ2n) is 5.14. The van der Waals surface area contributed by atoms with Crippen LogP contribution in [0.5, 0.6) is 0 Å². The lowest BCUT2D eigenvalue weighted by Gasteiger charge is -2.21. The van der Waals surface area contributed by atoms with Gasteiger partial charge in [-0.3, -0.25) is 4.98 Å². The zero-order valence-corrected chi connectivity index (χ0v) is 11.0. The van der Waals surface area contributed by atoms with Gasteiger partial charge in [-0.05, 0) is 56.9 Å². The van der Waals surface area contributed by atoms with Crippen LogP contribution in [0.4, 0.5) is 0 Å². The summed E-state index contributed by atoms with van der Waals surface area (Å²) in [5.41, 5.74) is 12.2. The summed E-state index contributed by atoms with van der Waals surface area (Å²) < 4.78 is 2.26. The molecule has 3 heteroatoms. The zero-order chi connectivity index (χ0) is 12.7. The molecular formula is C15H19N3. The van der Waals surface area contributed by atoms with Crippen LogP contribution in [0.1, 0.15) is 41.5 Å². The smallest absolute Gasteiger partial charge is 0.0665 e. The minimum absolute atomic E-state index is 0.203. The fraction of sp³-hybridized carbons (Fsp3) is 0.400. The molecule has 0 bridgehead atoms. The summed E-state index contributed by atoms with van der Waals surface area (Å²) >= 11 is 0. The Hall–Kier alpha value is -1.61.